The Balaban J connectivity index is 1.66. The SMILES string of the molecule is Cc1ncc(C2(O)CCC(N3CCC3)CC2)s1. The Bertz CT molecular complexity index is 392. The van der Waals surface area contributed by atoms with Crippen molar-refractivity contribution in [3.8, 4) is 0 Å². The van der Waals surface area contributed by atoms with E-state index in [0.717, 1.165) is 41.6 Å². The Kier molecular flexibility index (Phi) is 2.97. The van der Waals surface area contributed by atoms with Gasteiger partial charge in [-0.25, -0.2) is 4.98 Å². The maximum Gasteiger partial charge on any atom is 0.100 e. The minimum Gasteiger partial charge on any atom is -0.384 e. The number of hydrogen-bond donors (Lipinski definition) is 1. The lowest BCUT2D eigenvalue weighted by molar-refractivity contribution is -0.0320. The number of nitrogens with zero attached hydrogens (tertiary/aromatic N) is 2. The largest absolute Gasteiger partial charge is 0.384 e. The third-order valence-corrected chi connectivity index (χ3v) is 5.38. The van der Waals surface area contributed by atoms with Crippen LogP contribution in [0.4, 0.5) is 0 Å². The van der Waals surface area contributed by atoms with E-state index >= 15 is 0 Å². The Morgan fingerprint density at radius 2 is 2.12 bits per heavy atom. The molecule has 1 N–H and O–H groups in total. The van der Waals surface area contributed by atoms with Crippen molar-refractivity contribution in [2.24, 2.45) is 0 Å². The molecule has 0 aromatic carbocycles. The number of thiazole rings is 1. The van der Waals surface area contributed by atoms with Gasteiger partial charge in [-0.2, -0.15) is 0 Å². The zero-order valence-corrected chi connectivity index (χ0v) is 11.2. The fourth-order valence-corrected chi connectivity index (χ4v) is 3.90. The van der Waals surface area contributed by atoms with Gasteiger partial charge in [-0.3, -0.25) is 0 Å². The molecule has 0 atom stereocenters. The predicted octanol–water partition coefficient (Wildman–Crippen LogP) is 2.29. The molecule has 0 unspecified atom stereocenters. The minimum atomic E-state index is -0.590. The number of likely N-dealkylation sites (tertiary alicyclic amines) is 1. The average molecular weight is 252 g/mol. The van der Waals surface area contributed by atoms with Crippen LogP contribution in [-0.2, 0) is 5.60 Å². The quantitative estimate of drug-likeness (QED) is 0.877. The molecule has 17 heavy (non-hydrogen) atoms. The predicted molar refractivity (Wildman–Crippen MR) is 69.2 cm³/mol. The van der Waals surface area contributed by atoms with Crippen molar-refractivity contribution in [1.29, 1.82) is 0 Å². The molecule has 1 aromatic heterocycles. The molecule has 3 rings (SSSR count). The molecule has 0 amide bonds. The third-order valence-electron chi connectivity index (χ3n) is 4.27. The van der Waals surface area contributed by atoms with Crippen LogP contribution in [0.3, 0.4) is 0 Å². The molecule has 2 aliphatic rings. The van der Waals surface area contributed by atoms with Crippen LogP contribution in [0.2, 0.25) is 0 Å². The summed E-state index contributed by atoms with van der Waals surface area (Å²) in [4.78, 5) is 7.90. The van der Waals surface area contributed by atoms with Crippen molar-refractivity contribution >= 4 is 11.3 Å². The first-order valence-electron chi connectivity index (χ1n) is 6.57. The van der Waals surface area contributed by atoms with Gasteiger partial charge in [0.1, 0.15) is 5.60 Å². The zero-order chi connectivity index (χ0) is 11.9. The molecular weight excluding hydrogens is 232 g/mol. The minimum absolute atomic E-state index is 0.590. The van der Waals surface area contributed by atoms with Gasteiger partial charge < -0.3 is 10.0 Å². The van der Waals surface area contributed by atoms with Gasteiger partial charge in [0, 0.05) is 12.2 Å². The Morgan fingerprint density at radius 1 is 1.41 bits per heavy atom. The summed E-state index contributed by atoms with van der Waals surface area (Å²) in [7, 11) is 0. The van der Waals surface area contributed by atoms with Gasteiger partial charge >= 0.3 is 0 Å². The topological polar surface area (TPSA) is 36.4 Å². The first-order chi connectivity index (χ1) is 8.17. The molecule has 0 bridgehead atoms. The van der Waals surface area contributed by atoms with Gasteiger partial charge in [-0.15, -0.1) is 11.3 Å². The lowest BCUT2D eigenvalue weighted by Gasteiger charge is -2.44. The highest BCUT2D eigenvalue weighted by atomic mass is 32.1. The van der Waals surface area contributed by atoms with E-state index in [1.54, 1.807) is 11.3 Å². The molecule has 2 fully saturated rings. The van der Waals surface area contributed by atoms with Gasteiger partial charge in [-0.05, 0) is 52.1 Å². The van der Waals surface area contributed by atoms with Crippen LogP contribution in [0.5, 0.6) is 0 Å². The summed E-state index contributed by atoms with van der Waals surface area (Å²) in [6.07, 6.45) is 7.28. The Labute approximate surface area is 106 Å². The highest BCUT2D eigenvalue weighted by molar-refractivity contribution is 7.11. The maximum absolute atomic E-state index is 10.7. The highest BCUT2D eigenvalue weighted by Gasteiger charge is 2.38. The molecule has 1 aliphatic heterocycles. The average Bonchev–Trinajstić information content (AvgIpc) is 2.67. The van der Waals surface area contributed by atoms with Crippen LogP contribution in [-0.4, -0.2) is 34.1 Å². The number of aryl methyl sites for hydroxylation is 1. The van der Waals surface area contributed by atoms with Crippen LogP contribution in [0.1, 0.15) is 42.0 Å². The van der Waals surface area contributed by atoms with E-state index in [-0.39, 0.29) is 0 Å². The van der Waals surface area contributed by atoms with Crippen LogP contribution >= 0.6 is 11.3 Å². The van der Waals surface area contributed by atoms with Crippen molar-refractivity contribution in [3.63, 3.8) is 0 Å². The van der Waals surface area contributed by atoms with Crippen molar-refractivity contribution in [1.82, 2.24) is 9.88 Å². The van der Waals surface area contributed by atoms with E-state index in [0.29, 0.717) is 0 Å². The molecule has 0 spiro atoms. The van der Waals surface area contributed by atoms with E-state index in [9.17, 15) is 5.11 Å². The summed E-state index contributed by atoms with van der Waals surface area (Å²) in [6, 6.07) is 0.720. The maximum atomic E-state index is 10.7. The van der Waals surface area contributed by atoms with Crippen molar-refractivity contribution in [3.05, 3.63) is 16.1 Å². The highest BCUT2D eigenvalue weighted by Crippen LogP contribution is 2.41. The van der Waals surface area contributed by atoms with E-state index in [2.05, 4.69) is 9.88 Å². The number of rotatable bonds is 2. The van der Waals surface area contributed by atoms with Crippen LogP contribution < -0.4 is 0 Å². The smallest absolute Gasteiger partial charge is 0.100 e. The number of aliphatic hydroxyl groups is 1. The van der Waals surface area contributed by atoms with Crippen molar-refractivity contribution < 1.29 is 5.11 Å². The molecule has 3 nitrogen and oxygen atoms in total. The first-order valence-corrected chi connectivity index (χ1v) is 7.38. The molecular formula is C13H20N2OS. The van der Waals surface area contributed by atoms with E-state index in [4.69, 9.17) is 0 Å². The van der Waals surface area contributed by atoms with Crippen LogP contribution in [0, 0.1) is 6.92 Å². The molecule has 1 saturated heterocycles. The number of aromatic nitrogens is 1. The second kappa shape index (κ2) is 4.34. The van der Waals surface area contributed by atoms with Crippen LogP contribution in [0.15, 0.2) is 6.20 Å². The monoisotopic (exact) mass is 252 g/mol. The fourth-order valence-electron chi connectivity index (χ4n) is 2.97. The van der Waals surface area contributed by atoms with Gasteiger partial charge in [-0.1, -0.05) is 0 Å². The summed E-state index contributed by atoms with van der Waals surface area (Å²) in [6.45, 7) is 4.54. The van der Waals surface area contributed by atoms with Gasteiger partial charge in [0.2, 0.25) is 0 Å². The summed E-state index contributed by atoms with van der Waals surface area (Å²) < 4.78 is 0. The molecule has 1 saturated carbocycles. The fraction of sp³-hybridized carbons (Fsp3) is 0.769. The standard InChI is InChI=1S/C13H20N2OS/c1-10-14-9-12(17-10)13(16)5-3-11(4-6-13)15-7-2-8-15/h9,11,16H,2-8H2,1H3. The summed E-state index contributed by atoms with van der Waals surface area (Å²) in [5, 5.41) is 11.8. The first kappa shape index (κ1) is 11.6. The van der Waals surface area contributed by atoms with E-state index in [1.807, 2.05) is 13.1 Å². The van der Waals surface area contributed by atoms with Crippen molar-refractivity contribution in [2.45, 2.75) is 50.7 Å². The van der Waals surface area contributed by atoms with Gasteiger partial charge in [0.05, 0.1) is 9.88 Å². The van der Waals surface area contributed by atoms with Gasteiger partial charge in [0.15, 0.2) is 0 Å². The lowest BCUT2D eigenvalue weighted by atomic mass is 9.80. The van der Waals surface area contributed by atoms with Gasteiger partial charge in [0.25, 0.3) is 0 Å². The van der Waals surface area contributed by atoms with E-state index < -0.39 is 5.60 Å². The van der Waals surface area contributed by atoms with Crippen LogP contribution in [0.25, 0.3) is 0 Å². The number of hydrogen-bond acceptors (Lipinski definition) is 4. The summed E-state index contributed by atoms with van der Waals surface area (Å²) in [5.41, 5.74) is -0.590. The lowest BCUT2D eigenvalue weighted by Crippen LogP contribution is -2.48. The molecule has 1 aliphatic carbocycles. The molecule has 0 radical (unpaired) electrons. The Morgan fingerprint density at radius 3 is 2.59 bits per heavy atom. The van der Waals surface area contributed by atoms with E-state index in [1.165, 1.54) is 19.5 Å². The van der Waals surface area contributed by atoms with Crippen molar-refractivity contribution in [2.75, 3.05) is 13.1 Å². The summed E-state index contributed by atoms with van der Waals surface area (Å²) >= 11 is 1.65. The Hall–Kier alpha value is -0.450. The third kappa shape index (κ3) is 2.14. The second-order valence-electron chi connectivity index (χ2n) is 5.40. The molecule has 94 valence electrons. The summed E-state index contributed by atoms with van der Waals surface area (Å²) in [5.74, 6) is 0. The molecule has 2 heterocycles. The zero-order valence-electron chi connectivity index (χ0n) is 10.4. The molecule has 4 heteroatoms. The second-order valence-corrected chi connectivity index (χ2v) is 6.63. The molecule has 1 aromatic rings. The normalized spacial score (nSPS) is 34.6.